The number of rotatable bonds is 4. The van der Waals surface area contributed by atoms with E-state index in [1.807, 2.05) is 6.92 Å². The Kier molecular flexibility index (Phi) is 4.04. The van der Waals surface area contributed by atoms with Gasteiger partial charge in [-0.1, -0.05) is 18.2 Å². The molecule has 1 atom stereocenters. The molecule has 1 aliphatic rings. The van der Waals surface area contributed by atoms with Crippen LogP contribution in [0.25, 0.3) is 0 Å². The number of aryl methyl sites for hydroxylation is 2. The average molecular weight is 298 g/mol. The summed E-state index contributed by atoms with van der Waals surface area (Å²) in [6, 6.07) is 9.69. The number of nitrogens with one attached hydrogen (secondary N) is 2. The van der Waals surface area contributed by atoms with E-state index in [2.05, 4.69) is 28.5 Å². The summed E-state index contributed by atoms with van der Waals surface area (Å²) in [6.07, 6.45) is 6.50. The normalized spacial score (nSPS) is 15.0. The molecule has 22 heavy (non-hydrogen) atoms. The highest BCUT2D eigenvalue weighted by Gasteiger charge is 2.23. The highest BCUT2D eigenvalue weighted by molar-refractivity contribution is 5.52. The summed E-state index contributed by atoms with van der Waals surface area (Å²) in [7, 11) is 0. The molecule has 0 saturated carbocycles. The monoisotopic (exact) mass is 298 g/mol. The van der Waals surface area contributed by atoms with Crippen LogP contribution in [-0.2, 0) is 12.8 Å². The predicted molar refractivity (Wildman–Crippen MR) is 84.8 cm³/mol. The largest absolute Gasteiger partial charge is 0.357 e. The summed E-state index contributed by atoms with van der Waals surface area (Å²) in [5, 5.41) is 14.3. The fourth-order valence-electron chi connectivity index (χ4n) is 3.02. The molecule has 0 aliphatic heterocycles. The van der Waals surface area contributed by atoms with Gasteiger partial charge in [-0.2, -0.15) is 0 Å². The molecule has 0 radical (unpaired) electrons. The molecule has 0 unspecified atom stereocenters. The molecule has 1 aliphatic carbocycles. The Labute approximate surface area is 129 Å². The van der Waals surface area contributed by atoms with Gasteiger partial charge in [-0.15, -0.1) is 0 Å². The molecular weight excluding hydrogens is 278 g/mol. The van der Waals surface area contributed by atoms with Crippen molar-refractivity contribution >= 4 is 11.5 Å². The third-order valence-electron chi connectivity index (χ3n) is 4.26. The maximum Gasteiger partial charge on any atom is 0.357 e. The number of aromatic nitrogens is 1. The quantitative estimate of drug-likeness (QED) is 0.694. The van der Waals surface area contributed by atoms with Crippen molar-refractivity contribution in [2.45, 2.75) is 38.6 Å². The molecule has 0 saturated heterocycles. The molecule has 114 valence electrons. The molecule has 0 spiro atoms. The van der Waals surface area contributed by atoms with Crippen molar-refractivity contribution in [1.82, 2.24) is 0 Å². The Balaban J connectivity index is 1.83. The Hall–Kier alpha value is -2.43. The fourth-order valence-corrected chi connectivity index (χ4v) is 3.02. The van der Waals surface area contributed by atoms with Gasteiger partial charge >= 0.3 is 11.5 Å². The predicted octanol–water partition coefficient (Wildman–Crippen LogP) is 3.46. The number of hydrogen-bond donors (Lipinski definition) is 1. The highest BCUT2D eigenvalue weighted by Crippen LogP contribution is 2.27. The number of nitrogens with zero attached hydrogens (tertiary/aromatic N) is 1. The smallest absolute Gasteiger partial charge is 0.262 e. The first-order chi connectivity index (χ1) is 10.6. The third kappa shape index (κ3) is 2.93. The van der Waals surface area contributed by atoms with Crippen LogP contribution in [0.5, 0.6) is 0 Å². The molecular formula is C17H20N3O2+. The zero-order valence-corrected chi connectivity index (χ0v) is 12.6. The minimum absolute atomic E-state index is 0.00424. The van der Waals surface area contributed by atoms with Crippen LogP contribution in [0, 0.1) is 10.1 Å². The highest BCUT2D eigenvalue weighted by atomic mass is 16.6. The molecule has 5 heteroatoms. The second kappa shape index (κ2) is 6.13. The lowest BCUT2D eigenvalue weighted by Crippen LogP contribution is -2.18. The Morgan fingerprint density at radius 2 is 2.00 bits per heavy atom. The van der Waals surface area contributed by atoms with E-state index in [4.69, 9.17) is 0 Å². The first-order valence-electron chi connectivity index (χ1n) is 7.68. The summed E-state index contributed by atoms with van der Waals surface area (Å²) < 4.78 is 0. The lowest BCUT2D eigenvalue weighted by Gasteiger charge is -2.18. The molecule has 0 fully saturated rings. The molecule has 3 rings (SSSR count). The van der Waals surface area contributed by atoms with Crippen LogP contribution in [0.15, 0.2) is 36.5 Å². The van der Waals surface area contributed by atoms with E-state index in [1.165, 1.54) is 30.0 Å². The van der Waals surface area contributed by atoms with Crippen LogP contribution < -0.4 is 10.3 Å². The molecule has 2 aromatic rings. The SMILES string of the molecule is C[C@H](Nc1[nH+]cccc1[N+](=O)[O-])c1ccc2c(c1)CCCC2. The molecule has 0 amide bonds. The zero-order chi connectivity index (χ0) is 15.5. The summed E-state index contributed by atoms with van der Waals surface area (Å²) in [5.41, 5.74) is 4.09. The van der Waals surface area contributed by atoms with Gasteiger partial charge in [0, 0.05) is 6.07 Å². The summed E-state index contributed by atoms with van der Waals surface area (Å²) in [6.45, 7) is 2.02. The zero-order valence-electron chi connectivity index (χ0n) is 12.6. The number of nitro groups is 1. The molecule has 2 N–H and O–H groups in total. The van der Waals surface area contributed by atoms with Gasteiger partial charge in [0.1, 0.15) is 6.04 Å². The minimum Gasteiger partial charge on any atom is -0.262 e. The molecule has 1 aromatic carbocycles. The van der Waals surface area contributed by atoms with Crippen molar-refractivity contribution in [3.05, 3.63) is 63.3 Å². The maximum absolute atomic E-state index is 11.1. The van der Waals surface area contributed by atoms with E-state index >= 15 is 0 Å². The molecule has 5 nitrogen and oxygen atoms in total. The van der Waals surface area contributed by atoms with Gasteiger partial charge < -0.3 is 0 Å². The molecule has 0 bridgehead atoms. The van der Waals surface area contributed by atoms with Gasteiger partial charge in [-0.3, -0.25) is 15.4 Å². The van der Waals surface area contributed by atoms with Crippen LogP contribution >= 0.6 is 0 Å². The van der Waals surface area contributed by atoms with E-state index in [9.17, 15) is 10.1 Å². The first kappa shape index (κ1) is 14.5. The average Bonchev–Trinajstić information content (AvgIpc) is 2.54. The number of fused-ring (bicyclic) bond motifs is 1. The number of anilines is 1. The fraction of sp³-hybridized carbons (Fsp3) is 0.353. The maximum atomic E-state index is 11.1. The number of benzene rings is 1. The van der Waals surface area contributed by atoms with Gasteiger partial charge in [-0.25, -0.2) is 4.98 Å². The lowest BCUT2D eigenvalue weighted by atomic mass is 9.89. The second-order valence-electron chi connectivity index (χ2n) is 5.79. The van der Waals surface area contributed by atoms with Crippen LogP contribution in [0.3, 0.4) is 0 Å². The Morgan fingerprint density at radius 3 is 2.77 bits per heavy atom. The van der Waals surface area contributed by atoms with E-state index in [0.717, 1.165) is 18.4 Å². The van der Waals surface area contributed by atoms with Crippen molar-refractivity contribution in [2.24, 2.45) is 0 Å². The first-order valence-corrected chi connectivity index (χ1v) is 7.68. The van der Waals surface area contributed by atoms with Crippen molar-refractivity contribution in [3.8, 4) is 0 Å². The minimum atomic E-state index is -0.377. The van der Waals surface area contributed by atoms with Gasteiger partial charge in [0.05, 0.1) is 11.1 Å². The third-order valence-corrected chi connectivity index (χ3v) is 4.26. The van der Waals surface area contributed by atoms with E-state index < -0.39 is 0 Å². The van der Waals surface area contributed by atoms with Gasteiger partial charge in [0.15, 0.2) is 0 Å². The number of H-pyrrole nitrogens is 1. The number of hydrogen-bond acceptors (Lipinski definition) is 3. The number of aromatic amines is 1. The number of pyridine rings is 1. The van der Waals surface area contributed by atoms with E-state index in [-0.39, 0.29) is 16.7 Å². The van der Waals surface area contributed by atoms with Gasteiger partial charge in [0.25, 0.3) is 0 Å². The lowest BCUT2D eigenvalue weighted by molar-refractivity contribution is -0.409. The summed E-state index contributed by atoms with van der Waals surface area (Å²) in [5.74, 6) is 0.442. The van der Waals surface area contributed by atoms with Gasteiger partial charge in [0.2, 0.25) is 0 Å². The van der Waals surface area contributed by atoms with Crippen LogP contribution in [-0.4, -0.2) is 4.92 Å². The summed E-state index contributed by atoms with van der Waals surface area (Å²) >= 11 is 0. The van der Waals surface area contributed by atoms with Crippen molar-refractivity contribution in [2.75, 3.05) is 5.32 Å². The standard InChI is InChI=1S/C17H19N3O2/c1-12(19-17-16(20(21)22)7-4-10-18-17)14-9-8-13-5-2-3-6-15(13)11-14/h4,7-12H,2-3,5-6H2,1H3,(H,18,19)/p+1/t12-/m0/s1. The van der Waals surface area contributed by atoms with Crippen molar-refractivity contribution < 1.29 is 9.91 Å². The summed E-state index contributed by atoms with van der Waals surface area (Å²) in [4.78, 5) is 13.6. The van der Waals surface area contributed by atoms with Gasteiger partial charge in [-0.05, 0) is 55.4 Å². The Bertz CT molecular complexity index is 700. The van der Waals surface area contributed by atoms with Crippen LogP contribution in [0.2, 0.25) is 0 Å². The molecule has 1 aromatic heterocycles. The van der Waals surface area contributed by atoms with Crippen LogP contribution in [0.4, 0.5) is 11.5 Å². The van der Waals surface area contributed by atoms with Crippen molar-refractivity contribution in [3.63, 3.8) is 0 Å². The Morgan fingerprint density at radius 1 is 1.23 bits per heavy atom. The van der Waals surface area contributed by atoms with Crippen molar-refractivity contribution in [1.29, 1.82) is 0 Å². The topological polar surface area (TPSA) is 69.3 Å². The van der Waals surface area contributed by atoms with E-state index in [1.54, 1.807) is 12.3 Å². The van der Waals surface area contributed by atoms with Crippen LogP contribution in [0.1, 0.15) is 42.5 Å². The second-order valence-corrected chi connectivity index (χ2v) is 5.79. The molecule has 1 heterocycles. The van der Waals surface area contributed by atoms with E-state index in [0.29, 0.717) is 5.82 Å².